The van der Waals surface area contributed by atoms with Crippen LogP contribution >= 0.6 is 24.2 Å². The lowest BCUT2D eigenvalue weighted by Crippen LogP contribution is -2.29. The highest BCUT2D eigenvalue weighted by Crippen LogP contribution is 2.33. The van der Waals surface area contributed by atoms with Crippen molar-refractivity contribution in [2.24, 2.45) is 0 Å². The minimum Gasteiger partial charge on any atom is -0.317 e. The van der Waals surface area contributed by atoms with Gasteiger partial charge in [-0.05, 0) is 36.2 Å². The van der Waals surface area contributed by atoms with Gasteiger partial charge in [-0.3, -0.25) is 0 Å². The van der Waals surface area contributed by atoms with E-state index in [4.69, 9.17) is 4.63 Å². The molecule has 2 aromatic rings. The Labute approximate surface area is 122 Å². The van der Waals surface area contributed by atoms with Gasteiger partial charge in [0, 0.05) is 10.8 Å². The van der Waals surface area contributed by atoms with Crippen LogP contribution in [0.2, 0.25) is 0 Å². The summed E-state index contributed by atoms with van der Waals surface area (Å²) in [6.45, 7) is 2.17. The lowest BCUT2D eigenvalue weighted by Gasteiger charge is -2.20. The molecule has 1 aromatic heterocycles. The average Bonchev–Trinajstić information content (AvgIpc) is 2.89. The zero-order valence-electron chi connectivity index (χ0n) is 10.4. The molecular formula is C13H16ClN3OS. The number of piperidine rings is 1. The van der Waals surface area contributed by atoms with Crippen LogP contribution in [-0.4, -0.2) is 28.7 Å². The highest BCUT2D eigenvalue weighted by atomic mass is 35.5. The molecule has 1 saturated heterocycles. The van der Waals surface area contributed by atoms with Crippen LogP contribution in [0.4, 0.5) is 0 Å². The number of nitrogens with zero attached hydrogens (tertiary/aromatic N) is 2. The number of thioether (sulfide) groups is 1. The summed E-state index contributed by atoms with van der Waals surface area (Å²) in [4.78, 5) is 0. The van der Waals surface area contributed by atoms with Crippen molar-refractivity contribution in [3.8, 4) is 11.3 Å². The van der Waals surface area contributed by atoms with Crippen molar-refractivity contribution in [3.63, 3.8) is 0 Å². The molecule has 19 heavy (non-hydrogen) atoms. The highest BCUT2D eigenvalue weighted by molar-refractivity contribution is 8.00. The molecule has 6 heteroatoms. The number of nitrogens with one attached hydrogen (secondary N) is 1. The first-order valence-electron chi connectivity index (χ1n) is 6.19. The summed E-state index contributed by atoms with van der Waals surface area (Å²) >= 11 is 1.79. The molecule has 1 aliphatic rings. The van der Waals surface area contributed by atoms with E-state index in [2.05, 4.69) is 15.6 Å². The molecule has 0 unspecified atom stereocenters. The Bertz CT molecular complexity index is 500. The standard InChI is InChI=1S/C13H15N3OS.ClH/c1-2-4-10(5-3-1)12-13(16-17-15-12)18-11-6-8-14-9-7-11;/h1-5,11,14H,6-9H2;1H. The number of rotatable bonds is 3. The van der Waals surface area contributed by atoms with Crippen LogP contribution in [0.3, 0.4) is 0 Å². The average molecular weight is 298 g/mol. The first-order chi connectivity index (χ1) is 8.93. The van der Waals surface area contributed by atoms with Crippen molar-refractivity contribution in [1.82, 2.24) is 15.6 Å². The predicted molar refractivity (Wildman–Crippen MR) is 78.7 cm³/mol. The highest BCUT2D eigenvalue weighted by Gasteiger charge is 2.20. The summed E-state index contributed by atoms with van der Waals surface area (Å²) in [5.41, 5.74) is 1.93. The fourth-order valence-electron chi connectivity index (χ4n) is 2.10. The zero-order chi connectivity index (χ0) is 12.2. The smallest absolute Gasteiger partial charge is 0.169 e. The van der Waals surface area contributed by atoms with Crippen molar-refractivity contribution in [2.75, 3.05) is 13.1 Å². The maximum atomic E-state index is 4.91. The monoisotopic (exact) mass is 297 g/mol. The van der Waals surface area contributed by atoms with Gasteiger partial charge in [0.2, 0.25) is 0 Å². The van der Waals surface area contributed by atoms with Crippen LogP contribution in [0.25, 0.3) is 11.3 Å². The lowest BCUT2D eigenvalue weighted by molar-refractivity contribution is 0.299. The van der Waals surface area contributed by atoms with Gasteiger partial charge in [-0.1, -0.05) is 42.1 Å². The Morgan fingerprint density at radius 2 is 1.84 bits per heavy atom. The Kier molecular flexibility index (Phi) is 5.24. The number of aromatic nitrogens is 2. The van der Waals surface area contributed by atoms with Crippen LogP contribution in [0, 0.1) is 0 Å². The molecule has 0 amide bonds. The van der Waals surface area contributed by atoms with E-state index < -0.39 is 0 Å². The van der Waals surface area contributed by atoms with Gasteiger partial charge in [0.25, 0.3) is 0 Å². The second kappa shape index (κ2) is 6.93. The Balaban J connectivity index is 0.00000133. The molecular weight excluding hydrogens is 282 g/mol. The molecule has 1 aliphatic heterocycles. The van der Waals surface area contributed by atoms with Gasteiger partial charge in [-0.15, -0.1) is 12.4 Å². The summed E-state index contributed by atoms with van der Waals surface area (Å²) in [7, 11) is 0. The fourth-order valence-corrected chi connectivity index (χ4v) is 3.23. The SMILES string of the molecule is Cl.c1ccc(-c2nonc2SC2CCNCC2)cc1. The summed E-state index contributed by atoms with van der Waals surface area (Å²) in [6, 6.07) is 10.1. The summed E-state index contributed by atoms with van der Waals surface area (Å²) in [5, 5.41) is 13.0. The number of hydrogen-bond donors (Lipinski definition) is 1. The topological polar surface area (TPSA) is 51.0 Å². The van der Waals surface area contributed by atoms with Crippen LogP contribution in [0.15, 0.2) is 40.0 Å². The predicted octanol–water partition coefficient (Wildman–Crippen LogP) is 3.00. The Morgan fingerprint density at radius 1 is 1.11 bits per heavy atom. The van der Waals surface area contributed by atoms with Crippen LogP contribution < -0.4 is 5.32 Å². The van der Waals surface area contributed by atoms with E-state index in [1.807, 2.05) is 30.3 Å². The quantitative estimate of drug-likeness (QED) is 0.944. The molecule has 0 radical (unpaired) electrons. The third kappa shape index (κ3) is 3.49. The zero-order valence-corrected chi connectivity index (χ0v) is 12.0. The van der Waals surface area contributed by atoms with E-state index in [1.165, 1.54) is 12.8 Å². The lowest BCUT2D eigenvalue weighted by atomic mass is 10.2. The molecule has 0 bridgehead atoms. The van der Waals surface area contributed by atoms with E-state index in [0.29, 0.717) is 5.25 Å². The molecule has 0 spiro atoms. The minimum absolute atomic E-state index is 0. The van der Waals surface area contributed by atoms with E-state index in [0.717, 1.165) is 29.4 Å². The Morgan fingerprint density at radius 3 is 2.58 bits per heavy atom. The number of hydrogen-bond acceptors (Lipinski definition) is 5. The maximum Gasteiger partial charge on any atom is 0.169 e. The molecule has 0 atom stereocenters. The number of benzene rings is 1. The van der Waals surface area contributed by atoms with Crippen molar-refractivity contribution in [3.05, 3.63) is 30.3 Å². The minimum atomic E-state index is 0. The van der Waals surface area contributed by atoms with E-state index in [9.17, 15) is 0 Å². The van der Waals surface area contributed by atoms with Crippen molar-refractivity contribution in [2.45, 2.75) is 23.1 Å². The maximum absolute atomic E-state index is 4.91. The first-order valence-corrected chi connectivity index (χ1v) is 7.07. The second-order valence-corrected chi connectivity index (χ2v) is 5.64. The second-order valence-electron chi connectivity index (χ2n) is 4.35. The molecule has 3 rings (SSSR count). The number of halogens is 1. The normalized spacial score (nSPS) is 16.0. The van der Waals surface area contributed by atoms with E-state index in [-0.39, 0.29) is 12.4 Å². The van der Waals surface area contributed by atoms with Crippen LogP contribution in [-0.2, 0) is 0 Å². The van der Waals surface area contributed by atoms with Crippen molar-refractivity contribution >= 4 is 24.2 Å². The largest absolute Gasteiger partial charge is 0.317 e. The van der Waals surface area contributed by atoms with Gasteiger partial charge in [-0.25, -0.2) is 4.63 Å². The van der Waals surface area contributed by atoms with Gasteiger partial charge < -0.3 is 5.32 Å². The molecule has 102 valence electrons. The summed E-state index contributed by atoms with van der Waals surface area (Å²) in [6.07, 6.45) is 2.34. The van der Waals surface area contributed by atoms with E-state index >= 15 is 0 Å². The van der Waals surface area contributed by atoms with Crippen molar-refractivity contribution < 1.29 is 4.63 Å². The van der Waals surface area contributed by atoms with Gasteiger partial charge in [0.15, 0.2) is 5.03 Å². The first kappa shape index (κ1) is 14.4. The van der Waals surface area contributed by atoms with Crippen molar-refractivity contribution in [1.29, 1.82) is 0 Å². The van der Waals surface area contributed by atoms with Crippen LogP contribution in [0.5, 0.6) is 0 Å². The molecule has 1 fully saturated rings. The van der Waals surface area contributed by atoms with Gasteiger partial charge >= 0.3 is 0 Å². The molecule has 0 saturated carbocycles. The fraction of sp³-hybridized carbons (Fsp3) is 0.385. The molecule has 1 aromatic carbocycles. The van der Waals surface area contributed by atoms with Gasteiger partial charge in [0.05, 0.1) is 0 Å². The third-order valence-electron chi connectivity index (χ3n) is 3.07. The van der Waals surface area contributed by atoms with Gasteiger partial charge in [0.1, 0.15) is 5.69 Å². The van der Waals surface area contributed by atoms with Gasteiger partial charge in [-0.2, -0.15) is 0 Å². The molecule has 4 nitrogen and oxygen atoms in total. The molecule has 2 heterocycles. The van der Waals surface area contributed by atoms with E-state index in [1.54, 1.807) is 11.8 Å². The summed E-state index contributed by atoms with van der Waals surface area (Å²) in [5.74, 6) is 0. The Hall–Kier alpha value is -1.04. The molecule has 1 N–H and O–H groups in total. The molecule has 0 aliphatic carbocycles. The van der Waals surface area contributed by atoms with Crippen LogP contribution in [0.1, 0.15) is 12.8 Å². The third-order valence-corrected chi connectivity index (χ3v) is 4.37. The summed E-state index contributed by atoms with van der Waals surface area (Å²) < 4.78 is 4.91.